The minimum atomic E-state index is -1.59. The maximum Gasteiger partial charge on any atom is 0.321 e. The molecular formula is C25H22FNO4. The summed E-state index contributed by atoms with van der Waals surface area (Å²) in [6.45, 7) is 0.00303. The predicted octanol–water partition coefficient (Wildman–Crippen LogP) is 3.75. The van der Waals surface area contributed by atoms with E-state index in [0.29, 0.717) is 0 Å². The topological polar surface area (TPSA) is 89.6 Å². The van der Waals surface area contributed by atoms with Gasteiger partial charge >= 0.3 is 11.9 Å². The number of aliphatic carboxylic acids is 1. The van der Waals surface area contributed by atoms with Crippen molar-refractivity contribution < 1.29 is 23.8 Å². The van der Waals surface area contributed by atoms with Crippen LogP contribution in [-0.4, -0.2) is 29.7 Å². The fourth-order valence-electron chi connectivity index (χ4n) is 4.19. The van der Waals surface area contributed by atoms with Crippen molar-refractivity contribution in [1.82, 2.24) is 0 Å². The van der Waals surface area contributed by atoms with Gasteiger partial charge in [0.1, 0.15) is 12.4 Å². The molecule has 5 nitrogen and oxygen atoms in total. The smallest absolute Gasteiger partial charge is 0.321 e. The number of hydrogen-bond acceptors (Lipinski definition) is 4. The molecule has 0 heterocycles. The molecule has 2 atom stereocenters. The van der Waals surface area contributed by atoms with E-state index in [1.807, 2.05) is 48.5 Å². The van der Waals surface area contributed by atoms with Crippen LogP contribution in [0.1, 0.15) is 22.6 Å². The van der Waals surface area contributed by atoms with E-state index in [9.17, 15) is 19.1 Å². The Morgan fingerprint density at radius 2 is 1.48 bits per heavy atom. The summed E-state index contributed by atoms with van der Waals surface area (Å²) in [7, 11) is 0. The van der Waals surface area contributed by atoms with Crippen molar-refractivity contribution in [3.63, 3.8) is 0 Å². The molecule has 0 spiro atoms. The number of carboxylic acids is 1. The molecule has 0 radical (unpaired) electrons. The van der Waals surface area contributed by atoms with E-state index in [1.165, 1.54) is 18.2 Å². The van der Waals surface area contributed by atoms with E-state index in [4.69, 9.17) is 10.5 Å². The summed E-state index contributed by atoms with van der Waals surface area (Å²) < 4.78 is 19.4. The van der Waals surface area contributed by atoms with Gasteiger partial charge in [-0.15, -0.1) is 0 Å². The van der Waals surface area contributed by atoms with Crippen LogP contribution in [-0.2, 0) is 20.7 Å². The van der Waals surface area contributed by atoms with Crippen molar-refractivity contribution in [1.29, 1.82) is 0 Å². The van der Waals surface area contributed by atoms with Gasteiger partial charge in [0.15, 0.2) is 5.92 Å². The molecule has 3 N–H and O–H groups in total. The van der Waals surface area contributed by atoms with Crippen LogP contribution >= 0.6 is 0 Å². The first kappa shape index (κ1) is 20.8. The van der Waals surface area contributed by atoms with Gasteiger partial charge in [-0.05, 0) is 40.3 Å². The number of carbonyl (C=O) groups is 2. The van der Waals surface area contributed by atoms with Gasteiger partial charge in [0.05, 0.1) is 0 Å². The third kappa shape index (κ3) is 4.07. The monoisotopic (exact) mass is 419 g/mol. The number of esters is 1. The van der Waals surface area contributed by atoms with E-state index in [-0.39, 0.29) is 24.5 Å². The Hall–Kier alpha value is -3.51. The zero-order chi connectivity index (χ0) is 22.0. The van der Waals surface area contributed by atoms with Crippen molar-refractivity contribution in [3.8, 4) is 11.1 Å². The summed E-state index contributed by atoms with van der Waals surface area (Å²) in [5, 5.41) is 9.59. The Balaban J connectivity index is 1.50. The van der Waals surface area contributed by atoms with E-state index in [0.717, 1.165) is 22.3 Å². The normalized spacial score (nSPS) is 14.4. The molecule has 0 saturated carbocycles. The molecule has 158 valence electrons. The van der Waals surface area contributed by atoms with Crippen molar-refractivity contribution in [2.75, 3.05) is 6.61 Å². The lowest BCUT2D eigenvalue weighted by atomic mass is 9.93. The molecule has 0 aliphatic heterocycles. The number of nitrogens with two attached hydrogens (primary N) is 1. The molecule has 3 aromatic rings. The lowest BCUT2D eigenvalue weighted by Crippen LogP contribution is -2.43. The number of carbonyl (C=O) groups excluding carboxylic acids is 1. The molecule has 0 bridgehead atoms. The van der Waals surface area contributed by atoms with Gasteiger partial charge < -0.3 is 15.6 Å². The van der Waals surface area contributed by atoms with E-state index >= 15 is 0 Å². The van der Waals surface area contributed by atoms with Crippen LogP contribution in [0.25, 0.3) is 11.1 Å². The zero-order valence-electron chi connectivity index (χ0n) is 16.7. The molecule has 6 heteroatoms. The second-order valence-electron chi connectivity index (χ2n) is 7.63. The van der Waals surface area contributed by atoms with Gasteiger partial charge in [-0.25, -0.2) is 4.39 Å². The SMILES string of the molecule is N[C@H](Cc1ccccc1F)[C@H](C(=O)O)C(=O)OCC1c2ccccc2-c2ccccc21. The van der Waals surface area contributed by atoms with Gasteiger partial charge in [-0.2, -0.15) is 0 Å². The average Bonchev–Trinajstić information content (AvgIpc) is 3.07. The average molecular weight is 419 g/mol. The second kappa shape index (κ2) is 8.70. The number of halogens is 1. The Morgan fingerprint density at radius 3 is 2.06 bits per heavy atom. The maximum atomic E-state index is 13.9. The molecule has 31 heavy (non-hydrogen) atoms. The quantitative estimate of drug-likeness (QED) is 0.450. The molecule has 1 aliphatic carbocycles. The Bertz CT molecular complexity index is 1080. The van der Waals surface area contributed by atoms with Crippen LogP contribution in [0.5, 0.6) is 0 Å². The lowest BCUT2D eigenvalue weighted by Gasteiger charge is -2.21. The summed E-state index contributed by atoms with van der Waals surface area (Å²) in [4.78, 5) is 24.5. The molecule has 0 fully saturated rings. The van der Waals surface area contributed by atoms with E-state index in [2.05, 4.69) is 0 Å². The van der Waals surface area contributed by atoms with Crippen LogP contribution in [0.15, 0.2) is 72.8 Å². The van der Waals surface area contributed by atoms with Crippen LogP contribution in [0.3, 0.4) is 0 Å². The summed E-state index contributed by atoms with van der Waals surface area (Å²) in [5.74, 6) is -4.58. The Morgan fingerprint density at radius 1 is 0.935 bits per heavy atom. The summed E-state index contributed by atoms with van der Waals surface area (Å²) >= 11 is 0. The third-order valence-corrected chi connectivity index (χ3v) is 5.72. The molecule has 4 rings (SSSR count). The highest BCUT2D eigenvalue weighted by atomic mass is 19.1. The molecule has 0 unspecified atom stereocenters. The lowest BCUT2D eigenvalue weighted by molar-refractivity contribution is -0.159. The highest BCUT2D eigenvalue weighted by Crippen LogP contribution is 2.44. The van der Waals surface area contributed by atoms with Crippen molar-refractivity contribution in [2.45, 2.75) is 18.4 Å². The number of hydrogen-bond donors (Lipinski definition) is 2. The third-order valence-electron chi connectivity index (χ3n) is 5.72. The molecule has 3 aromatic carbocycles. The molecular weight excluding hydrogens is 397 g/mol. The molecule has 0 amide bonds. The largest absolute Gasteiger partial charge is 0.481 e. The number of carboxylic acid groups (broad SMARTS) is 1. The number of rotatable bonds is 7. The van der Waals surface area contributed by atoms with Gasteiger partial charge in [-0.1, -0.05) is 66.7 Å². The van der Waals surface area contributed by atoms with Gasteiger partial charge in [-0.3, -0.25) is 9.59 Å². The van der Waals surface area contributed by atoms with Crippen molar-refractivity contribution >= 4 is 11.9 Å². The second-order valence-corrected chi connectivity index (χ2v) is 7.63. The molecule has 0 saturated heterocycles. The minimum Gasteiger partial charge on any atom is -0.481 e. The molecule has 0 aromatic heterocycles. The van der Waals surface area contributed by atoms with Gasteiger partial charge in [0.25, 0.3) is 0 Å². The van der Waals surface area contributed by atoms with Crippen LogP contribution in [0.4, 0.5) is 4.39 Å². The van der Waals surface area contributed by atoms with E-state index in [1.54, 1.807) is 6.07 Å². The molecule has 1 aliphatic rings. The van der Waals surface area contributed by atoms with Crippen LogP contribution in [0.2, 0.25) is 0 Å². The summed E-state index contributed by atoms with van der Waals surface area (Å²) in [5.41, 5.74) is 10.5. The Kier molecular flexibility index (Phi) is 5.82. The minimum absolute atomic E-state index is 0.00303. The standard InChI is InChI=1S/C25H22FNO4/c26-21-12-6-1-7-15(21)13-22(27)23(24(28)29)25(30)31-14-20-18-10-4-2-8-16(18)17-9-3-5-11-19(17)20/h1-12,20,22-23H,13-14,27H2,(H,28,29)/t22-,23-/m1/s1. The first-order valence-electron chi connectivity index (χ1n) is 10.0. The summed E-state index contributed by atoms with van der Waals surface area (Å²) in [6, 6.07) is 20.6. The zero-order valence-corrected chi connectivity index (χ0v) is 16.7. The van der Waals surface area contributed by atoms with Crippen LogP contribution in [0, 0.1) is 11.7 Å². The first-order chi connectivity index (χ1) is 15.0. The first-order valence-corrected chi connectivity index (χ1v) is 10.0. The predicted molar refractivity (Wildman–Crippen MR) is 114 cm³/mol. The number of benzene rings is 3. The fraction of sp³-hybridized carbons (Fsp3) is 0.200. The Labute approximate surface area is 179 Å². The van der Waals surface area contributed by atoms with Crippen molar-refractivity contribution in [3.05, 3.63) is 95.3 Å². The summed E-state index contributed by atoms with van der Waals surface area (Å²) in [6.07, 6.45) is -0.0894. The fourth-order valence-corrected chi connectivity index (χ4v) is 4.19. The number of fused-ring (bicyclic) bond motifs is 3. The highest BCUT2D eigenvalue weighted by Gasteiger charge is 2.36. The van der Waals surface area contributed by atoms with Crippen LogP contribution < -0.4 is 5.73 Å². The number of ether oxygens (including phenoxy) is 1. The van der Waals surface area contributed by atoms with E-state index < -0.39 is 29.7 Å². The highest BCUT2D eigenvalue weighted by molar-refractivity contribution is 5.95. The van der Waals surface area contributed by atoms with Gasteiger partial charge in [0.2, 0.25) is 0 Å². The maximum absolute atomic E-state index is 13.9. The van der Waals surface area contributed by atoms with Crippen molar-refractivity contribution in [2.24, 2.45) is 11.7 Å². The van der Waals surface area contributed by atoms with Gasteiger partial charge in [0, 0.05) is 12.0 Å².